The van der Waals surface area contributed by atoms with Crippen LogP contribution in [0, 0.1) is 11.3 Å². The van der Waals surface area contributed by atoms with Crippen molar-refractivity contribution < 1.29 is 9.47 Å². The molecule has 2 fully saturated rings. The summed E-state index contributed by atoms with van der Waals surface area (Å²) in [5, 5.41) is 8.88. The lowest BCUT2D eigenvalue weighted by atomic mass is 9.79. The van der Waals surface area contributed by atoms with Gasteiger partial charge in [0.15, 0.2) is 0 Å². The summed E-state index contributed by atoms with van der Waals surface area (Å²) in [6.45, 7) is 0.765. The van der Waals surface area contributed by atoms with Gasteiger partial charge in [0.05, 0.1) is 29.5 Å². The van der Waals surface area contributed by atoms with Gasteiger partial charge in [-0.2, -0.15) is 5.26 Å². The highest BCUT2D eigenvalue weighted by molar-refractivity contribution is 5.56. The highest BCUT2D eigenvalue weighted by atomic mass is 16.5. The molecule has 1 unspecified atom stereocenters. The molecule has 112 valence electrons. The van der Waals surface area contributed by atoms with Crippen LogP contribution >= 0.6 is 0 Å². The Morgan fingerprint density at radius 3 is 2.81 bits per heavy atom. The molecule has 1 saturated carbocycles. The number of nitrogens with zero attached hydrogens (tertiary/aromatic N) is 1. The Bertz CT molecular complexity index is 539. The first-order valence-electron chi connectivity index (χ1n) is 7.81. The molecule has 1 spiro atoms. The molecule has 1 aromatic carbocycles. The van der Waals surface area contributed by atoms with Gasteiger partial charge in [-0.15, -0.1) is 0 Å². The standard InChI is InChI=1S/C17H22N2O2/c18-12-13-4-5-16(15(19)10-13)21-14-6-9-20-17(11-14)7-2-1-3-8-17/h4-5,10,14H,1-3,6-9,11,19H2. The van der Waals surface area contributed by atoms with Crippen molar-refractivity contribution in [2.75, 3.05) is 12.3 Å². The van der Waals surface area contributed by atoms with Crippen molar-refractivity contribution in [2.45, 2.75) is 56.7 Å². The fraction of sp³-hybridized carbons (Fsp3) is 0.588. The summed E-state index contributed by atoms with van der Waals surface area (Å²) < 4.78 is 12.2. The molecule has 21 heavy (non-hydrogen) atoms. The number of nitrogen functional groups attached to an aromatic ring is 1. The Morgan fingerprint density at radius 1 is 1.29 bits per heavy atom. The lowest BCUT2D eigenvalue weighted by molar-refractivity contribution is -0.129. The van der Waals surface area contributed by atoms with Crippen molar-refractivity contribution in [1.29, 1.82) is 5.26 Å². The van der Waals surface area contributed by atoms with Crippen LogP contribution in [-0.4, -0.2) is 18.3 Å². The first-order valence-corrected chi connectivity index (χ1v) is 7.81. The molecule has 1 aliphatic heterocycles. The maximum atomic E-state index is 8.88. The third-order valence-electron chi connectivity index (χ3n) is 4.65. The first-order chi connectivity index (χ1) is 10.2. The normalized spacial score (nSPS) is 24.4. The fourth-order valence-corrected chi connectivity index (χ4v) is 3.53. The largest absolute Gasteiger partial charge is 0.488 e. The Kier molecular flexibility index (Phi) is 4.03. The van der Waals surface area contributed by atoms with Gasteiger partial charge in [-0.3, -0.25) is 0 Å². The van der Waals surface area contributed by atoms with Gasteiger partial charge >= 0.3 is 0 Å². The second kappa shape index (κ2) is 5.95. The van der Waals surface area contributed by atoms with E-state index in [1.54, 1.807) is 18.2 Å². The Labute approximate surface area is 125 Å². The number of anilines is 1. The van der Waals surface area contributed by atoms with Crippen LogP contribution in [0.4, 0.5) is 5.69 Å². The predicted octanol–water partition coefficient (Wildman–Crippen LogP) is 3.40. The zero-order valence-corrected chi connectivity index (χ0v) is 12.3. The molecule has 1 aromatic rings. The smallest absolute Gasteiger partial charge is 0.142 e. The minimum absolute atomic E-state index is 0.0303. The number of nitrogens with two attached hydrogens (primary N) is 1. The van der Waals surface area contributed by atoms with Crippen molar-refractivity contribution in [1.82, 2.24) is 0 Å². The number of nitriles is 1. The molecule has 2 aliphatic rings. The predicted molar refractivity (Wildman–Crippen MR) is 81.0 cm³/mol. The minimum atomic E-state index is 0.0303. The molecule has 2 N–H and O–H groups in total. The van der Waals surface area contributed by atoms with Crippen molar-refractivity contribution in [2.24, 2.45) is 0 Å². The van der Waals surface area contributed by atoms with E-state index < -0.39 is 0 Å². The zero-order chi connectivity index (χ0) is 14.7. The molecule has 0 bridgehead atoms. The Morgan fingerprint density at radius 2 is 2.10 bits per heavy atom. The van der Waals surface area contributed by atoms with Crippen LogP contribution in [0.1, 0.15) is 50.5 Å². The number of hydrogen-bond acceptors (Lipinski definition) is 4. The molecule has 1 aliphatic carbocycles. The fourth-order valence-electron chi connectivity index (χ4n) is 3.53. The third-order valence-corrected chi connectivity index (χ3v) is 4.65. The molecular weight excluding hydrogens is 264 g/mol. The molecule has 0 aromatic heterocycles. The highest BCUT2D eigenvalue weighted by Crippen LogP contribution is 2.40. The SMILES string of the molecule is N#Cc1ccc(OC2CCOC3(CCCCC3)C2)c(N)c1. The molecule has 0 amide bonds. The van der Waals surface area contributed by atoms with Gasteiger partial charge in [-0.1, -0.05) is 19.3 Å². The molecule has 4 heteroatoms. The van der Waals surface area contributed by atoms with Crippen LogP contribution in [0.25, 0.3) is 0 Å². The number of ether oxygens (including phenoxy) is 2. The average Bonchev–Trinajstić information content (AvgIpc) is 2.50. The van der Waals surface area contributed by atoms with Gasteiger partial charge in [-0.25, -0.2) is 0 Å². The second-order valence-corrected chi connectivity index (χ2v) is 6.19. The van der Waals surface area contributed by atoms with Crippen molar-refractivity contribution in [3.05, 3.63) is 23.8 Å². The van der Waals surface area contributed by atoms with Gasteiger partial charge in [0, 0.05) is 12.8 Å². The van der Waals surface area contributed by atoms with E-state index in [0.29, 0.717) is 17.0 Å². The topological polar surface area (TPSA) is 68.3 Å². The average molecular weight is 286 g/mol. The van der Waals surface area contributed by atoms with E-state index >= 15 is 0 Å². The van der Waals surface area contributed by atoms with E-state index in [0.717, 1.165) is 32.3 Å². The quantitative estimate of drug-likeness (QED) is 0.846. The monoisotopic (exact) mass is 286 g/mol. The lowest BCUT2D eigenvalue weighted by Crippen LogP contribution is -2.45. The maximum Gasteiger partial charge on any atom is 0.142 e. The molecule has 1 saturated heterocycles. The summed E-state index contributed by atoms with van der Waals surface area (Å²) in [4.78, 5) is 0. The van der Waals surface area contributed by atoms with Crippen LogP contribution in [0.15, 0.2) is 18.2 Å². The van der Waals surface area contributed by atoms with Gasteiger partial charge in [-0.05, 0) is 31.0 Å². The van der Waals surface area contributed by atoms with Crippen LogP contribution < -0.4 is 10.5 Å². The maximum absolute atomic E-state index is 8.88. The van der Waals surface area contributed by atoms with Gasteiger partial charge in [0.1, 0.15) is 11.9 Å². The zero-order valence-electron chi connectivity index (χ0n) is 12.3. The third kappa shape index (κ3) is 3.14. The lowest BCUT2D eigenvalue weighted by Gasteiger charge is -2.43. The van der Waals surface area contributed by atoms with Crippen LogP contribution in [0.3, 0.4) is 0 Å². The summed E-state index contributed by atoms with van der Waals surface area (Å²) in [6.07, 6.45) is 8.14. The number of hydrogen-bond donors (Lipinski definition) is 1. The summed E-state index contributed by atoms with van der Waals surface area (Å²) in [5.74, 6) is 0.687. The molecule has 3 rings (SSSR count). The van der Waals surface area contributed by atoms with Gasteiger partial charge in [0.25, 0.3) is 0 Å². The van der Waals surface area contributed by atoms with Gasteiger partial charge in [0.2, 0.25) is 0 Å². The Balaban J connectivity index is 1.68. The first kappa shape index (κ1) is 14.2. The highest BCUT2D eigenvalue weighted by Gasteiger charge is 2.39. The molecule has 4 nitrogen and oxygen atoms in total. The van der Waals surface area contributed by atoms with Crippen LogP contribution in [0.5, 0.6) is 5.75 Å². The summed E-state index contributed by atoms with van der Waals surface area (Å²) in [6, 6.07) is 7.32. The molecular formula is C17H22N2O2. The van der Waals surface area contributed by atoms with Crippen molar-refractivity contribution >= 4 is 5.69 Å². The van der Waals surface area contributed by atoms with E-state index in [-0.39, 0.29) is 11.7 Å². The van der Waals surface area contributed by atoms with Crippen LogP contribution in [0.2, 0.25) is 0 Å². The molecule has 1 atom stereocenters. The Hall–Kier alpha value is -1.73. The van der Waals surface area contributed by atoms with Crippen molar-refractivity contribution in [3.8, 4) is 11.8 Å². The van der Waals surface area contributed by atoms with E-state index in [9.17, 15) is 0 Å². The minimum Gasteiger partial charge on any atom is -0.488 e. The van der Waals surface area contributed by atoms with E-state index in [2.05, 4.69) is 6.07 Å². The van der Waals surface area contributed by atoms with E-state index in [4.69, 9.17) is 20.5 Å². The molecule has 1 heterocycles. The summed E-state index contributed by atoms with van der Waals surface area (Å²) >= 11 is 0. The number of rotatable bonds is 2. The van der Waals surface area contributed by atoms with E-state index in [1.165, 1.54) is 19.3 Å². The molecule has 0 radical (unpaired) electrons. The van der Waals surface area contributed by atoms with Crippen molar-refractivity contribution in [3.63, 3.8) is 0 Å². The summed E-state index contributed by atoms with van der Waals surface area (Å²) in [7, 11) is 0. The second-order valence-electron chi connectivity index (χ2n) is 6.19. The van der Waals surface area contributed by atoms with Crippen LogP contribution in [-0.2, 0) is 4.74 Å². The number of benzene rings is 1. The van der Waals surface area contributed by atoms with Gasteiger partial charge < -0.3 is 15.2 Å². The summed E-state index contributed by atoms with van der Waals surface area (Å²) in [5.41, 5.74) is 7.11. The van der Waals surface area contributed by atoms with E-state index in [1.807, 2.05) is 0 Å².